The molecule has 1 aromatic heterocycles. The lowest BCUT2D eigenvalue weighted by molar-refractivity contribution is -0.137. The molecule has 0 bridgehead atoms. The molecule has 0 unspecified atom stereocenters. The third-order valence-corrected chi connectivity index (χ3v) is 7.78. The molecular formula is C21H18F3NO4S2. The minimum atomic E-state index is -4.51. The first-order valence-electron chi connectivity index (χ1n) is 8.99. The van der Waals surface area contributed by atoms with Gasteiger partial charge in [0.05, 0.1) is 17.6 Å². The van der Waals surface area contributed by atoms with E-state index in [0.29, 0.717) is 10.6 Å². The maximum Gasteiger partial charge on any atom is 0.416 e. The molecule has 2 aromatic carbocycles. The number of alkyl halides is 3. The van der Waals surface area contributed by atoms with E-state index in [1.165, 1.54) is 42.7 Å². The van der Waals surface area contributed by atoms with Gasteiger partial charge in [-0.1, -0.05) is 6.07 Å². The summed E-state index contributed by atoms with van der Waals surface area (Å²) in [7, 11) is -2.39. The average Bonchev–Trinajstić information content (AvgIpc) is 3.27. The van der Waals surface area contributed by atoms with E-state index >= 15 is 0 Å². The van der Waals surface area contributed by atoms with Crippen LogP contribution in [0.3, 0.4) is 0 Å². The fraction of sp³-hybridized carbons (Fsp3) is 0.190. The van der Waals surface area contributed by atoms with Crippen LogP contribution in [0.15, 0.2) is 70.9 Å². The fourth-order valence-electron chi connectivity index (χ4n) is 2.87. The molecule has 3 aromatic rings. The van der Waals surface area contributed by atoms with Gasteiger partial charge in [-0.2, -0.15) is 13.2 Å². The molecule has 0 radical (unpaired) electrons. The number of hydrogen-bond acceptors (Lipinski definition) is 5. The number of rotatable bonds is 7. The highest BCUT2D eigenvalue weighted by atomic mass is 32.2. The van der Waals surface area contributed by atoms with Crippen LogP contribution in [0.5, 0.6) is 5.75 Å². The van der Waals surface area contributed by atoms with Crippen molar-refractivity contribution in [3.05, 3.63) is 82.0 Å². The normalized spacial score (nSPS) is 12.9. The third kappa shape index (κ3) is 5.26. The van der Waals surface area contributed by atoms with Gasteiger partial charge in [-0.3, -0.25) is 4.79 Å². The molecule has 31 heavy (non-hydrogen) atoms. The molecular weight excluding hydrogens is 451 g/mol. The summed E-state index contributed by atoms with van der Waals surface area (Å²) in [6.45, 7) is -0.241. The Labute approximate surface area is 181 Å². The van der Waals surface area contributed by atoms with Crippen LogP contribution in [0.25, 0.3) is 0 Å². The molecule has 0 aliphatic heterocycles. The highest BCUT2D eigenvalue weighted by molar-refractivity contribution is 7.91. The number of nitrogens with one attached hydrogen (secondary N) is 1. The van der Waals surface area contributed by atoms with Crippen LogP contribution in [0.4, 0.5) is 13.2 Å². The van der Waals surface area contributed by atoms with Crippen molar-refractivity contribution >= 4 is 27.1 Å². The standard InChI is InChI=1S/C21H18F3NO4S2/c1-29-16-8-10-17(11-9-16)31(27,28)19(18-3-2-12-30-18)13-25-20(26)14-4-6-15(7-5-14)21(22,23)24/h2-12,19H,13H2,1H3,(H,25,26)/t19-/m0/s1. The number of amides is 1. The minimum absolute atomic E-state index is 0.000208. The Bertz CT molecular complexity index is 1120. The first-order chi connectivity index (χ1) is 14.6. The smallest absolute Gasteiger partial charge is 0.416 e. The predicted octanol–water partition coefficient (Wildman–Crippen LogP) is 4.72. The van der Waals surface area contributed by atoms with Gasteiger partial charge in [-0.15, -0.1) is 11.3 Å². The van der Waals surface area contributed by atoms with Crippen molar-refractivity contribution in [2.75, 3.05) is 13.7 Å². The summed E-state index contributed by atoms with van der Waals surface area (Å²) >= 11 is 1.23. The predicted molar refractivity (Wildman–Crippen MR) is 111 cm³/mol. The van der Waals surface area contributed by atoms with Crippen LogP contribution in [0.2, 0.25) is 0 Å². The Hall–Kier alpha value is -2.85. The lowest BCUT2D eigenvalue weighted by atomic mass is 10.1. The summed E-state index contributed by atoms with van der Waals surface area (Å²) in [5.41, 5.74) is -0.873. The van der Waals surface area contributed by atoms with Gasteiger partial charge in [0.1, 0.15) is 11.0 Å². The molecule has 164 valence electrons. The molecule has 1 N–H and O–H groups in total. The number of carbonyl (C=O) groups excluding carboxylic acids is 1. The van der Waals surface area contributed by atoms with Crippen molar-refractivity contribution in [3.8, 4) is 5.75 Å². The number of hydrogen-bond donors (Lipinski definition) is 1. The SMILES string of the molecule is COc1ccc(S(=O)(=O)[C@@H](CNC(=O)c2ccc(C(F)(F)F)cc2)c2cccs2)cc1. The van der Waals surface area contributed by atoms with E-state index in [-0.39, 0.29) is 17.0 Å². The van der Waals surface area contributed by atoms with E-state index in [1.807, 2.05) is 0 Å². The quantitative estimate of drug-likeness (QED) is 0.544. The molecule has 10 heteroatoms. The van der Waals surface area contributed by atoms with Gasteiger partial charge in [0.15, 0.2) is 9.84 Å². The number of benzene rings is 2. The van der Waals surface area contributed by atoms with Crippen LogP contribution in [-0.4, -0.2) is 28.0 Å². The zero-order valence-corrected chi connectivity index (χ0v) is 17.9. The lowest BCUT2D eigenvalue weighted by Gasteiger charge is -2.18. The summed E-state index contributed by atoms with van der Waals surface area (Å²) in [5.74, 6) is -0.164. The second kappa shape index (κ2) is 9.11. The Morgan fingerprint density at radius 1 is 1.06 bits per heavy atom. The second-order valence-electron chi connectivity index (χ2n) is 6.51. The summed E-state index contributed by atoms with van der Waals surface area (Å²) < 4.78 is 69.6. The number of sulfone groups is 1. The van der Waals surface area contributed by atoms with Crippen LogP contribution in [0.1, 0.15) is 26.0 Å². The van der Waals surface area contributed by atoms with Gasteiger partial charge in [0.2, 0.25) is 0 Å². The van der Waals surface area contributed by atoms with Crippen LogP contribution in [-0.2, 0) is 16.0 Å². The van der Waals surface area contributed by atoms with Crippen molar-refractivity contribution in [1.82, 2.24) is 5.32 Å². The highest BCUT2D eigenvalue weighted by Crippen LogP contribution is 2.32. The maximum atomic E-state index is 13.2. The summed E-state index contributed by atoms with van der Waals surface area (Å²) in [4.78, 5) is 13.0. The molecule has 0 spiro atoms. The van der Waals surface area contributed by atoms with Crippen molar-refractivity contribution < 1.29 is 31.1 Å². The zero-order valence-electron chi connectivity index (χ0n) is 16.2. The average molecular weight is 470 g/mol. The molecule has 1 atom stereocenters. The zero-order chi connectivity index (χ0) is 22.6. The molecule has 5 nitrogen and oxygen atoms in total. The Balaban J connectivity index is 1.81. The van der Waals surface area contributed by atoms with Gasteiger partial charge in [-0.05, 0) is 60.0 Å². The van der Waals surface area contributed by atoms with E-state index in [0.717, 1.165) is 24.3 Å². The monoisotopic (exact) mass is 469 g/mol. The maximum absolute atomic E-state index is 13.2. The Morgan fingerprint density at radius 2 is 1.71 bits per heavy atom. The van der Waals surface area contributed by atoms with E-state index in [1.54, 1.807) is 17.5 Å². The van der Waals surface area contributed by atoms with Crippen molar-refractivity contribution in [1.29, 1.82) is 0 Å². The van der Waals surface area contributed by atoms with Crippen molar-refractivity contribution in [2.24, 2.45) is 0 Å². The number of thiophene rings is 1. The molecule has 1 amide bonds. The molecule has 0 fully saturated rings. The third-order valence-electron chi connectivity index (χ3n) is 4.55. The molecule has 0 aliphatic carbocycles. The van der Waals surface area contributed by atoms with Crippen LogP contribution in [0, 0.1) is 0 Å². The van der Waals surface area contributed by atoms with Crippen molar-refractivity contribution in [2.45, 2.75) is 16.3 Å². The van der Waals surface area contributed by atoms with Gasteiger partial charge >= 0.3 is 6.18 Å². The van der Waals surface area contributed by atoms with Gasteiger partial charge in [-0.25, -0.2) is 8.42 Å². The van der Waals surface area contributed by atoms with Crippen LogP contribution >= 0.6 is 11.3 Å². The molecule has 3 rings (SSSR count). The Morgan fingerprint density at radius 3 is 2.23 bits per heavy atom. The van der Waals surface area contributed by atoms with E-state index in [4.69, 9.17) is 4.74 Å². The number of ether oxygens (including phenoxy) is 1. The second-order valence-corrected chi connectivity index (χ2v) is 9.62. The molecule has 0 aliphatic rings. The largest absolute Gasteiger partial charge is 0.497 e. The van der Waals surface area contributed by atoms with E-state index in [2.05, 4.69) is 5.32 Å². The fourth-order valence-corrected chi connectivity index (χ4v) is 5.65. The number of carbonyl (C=O) groups is 1. The highest BCUT2D eigenvalue weighted by Gasteiger charge is 2.32. The summed E-state index contributed by atoms with van der Waals surface area (Å²) in [5, 5.41) is 3.20. The van der Waals surface area contributed by atoms with Crippen molar-refractivity contribution in [3.63, 3.8) is 0 Å². The van der Waals surface area contributed by atoms with E-state index < -0.39 is 32.7 Å². The first kappa shape index (κ1) is 22.8. The molecule has 0 saturated carbocycles. The van der Waals surface area contributed by atoms with Gasteiger partial charge < -0.3 is 10.1 Å². The van der Waals surface area contributed by atoms with Gasteiger partial charge in [0, 0.05) is 17.0 Å². The minimum Gasteiger partial charge on any atom is -0.497 e. The number of halogens is 3. The topological polar surface area (TPSA) is 72.5 Å². The van der Waals surface area contributed by atoms with Crippen LogP contribution < -0.4 is 10.1 Å². The molecule has 0 saturated heterocycles. The van der Waals surface area contributed by atoms with Gasteiger partial charge in [0.25, 0.3) is 5.91 Å². The summed E-state index contributed by atoms with van der Waals surface area (Å²) in [6, 6.07) is 13.0. The van der Waals surface area contributed by atoms with E-state index in [9.17, 15) is 26.4 Å². The molecule has 1 heterocycles. The lowest BCUT2D eigenvalue weighted by Crippen LogP contribution is -2.31. The number of methoxy groups -OCH3 is 1. The Kier molecular flexibility index (Phi) is 6.71. The summed E-state index contributed by atoms with van der Waals surface area (Å²) in [6.07, 6.45) is -4.51. The first-order valence-corrected chi connectivity index (χ1v) is 11.4.